The summed E-state index contributed by atoms with van der Waals surface area (Å²) in [5.74, 6) is -0.523. The van der Waals surface area contributed by atoms with Crippen LogP contribution in [0.4, 0.5) is 5.69 Å². The molecule has 0 saturated carbocycles. The molecule has 1 heterocycles. The zero-order valence-electron chi connectivity index (χ0n) is 10.3. The predicted octanol–water partition coefficient (Wildman–Crippen LogP) is 0.585. The Hall–Kier alpha value is -2.04. The van der Waals surface area contributed by atoms with E-state index in [1.165, 1.54) is 0 Å². The second-order valence-electron chi connectivity index (χ2n) is 4.45. The largest absolute Gasteiger partial charge is 0.452 e. The quantitative estimate of drug-likeness (QED) is 0.627. The van der Waals surface area contributed by atoms with Crippen molar-refractivity contribution in [3.63, 3.8) is 0 Å². The summed E-state index contributed by atoms with van der Waals surface area (Å²) in [6.45, 7) is 0.634. The van der Waals surface area contributed by atoms with E-state index in [1.54, 1.807) is 36.2 Å². The number of nitrogen functional groups attached to an aromatic ring is 1. The number of nitrogens with zero attached hydrogens (tertiary/aromatic N) is 1. The average Bonchev–Trinajstić information content (AvgIpc) is 2.61. The first-order chi connectivity index (χ1) is 8.56. The summed E-state index contributed by atoms with van der Waals surface area (Å²) in [4.78, 5) is 24.8. The first kappa shape index (κ1) is 12.4. The number of amides is 1. The van der Waals surface area contributed by atoms with Crippen LogP contribution in [0.5, 0.6) is 0 Å². The van der Waals surface area contributed by atoms with Crippen molar-refractivity contribution in [2.75, 3.05) is 19.3 Å². The van der Waals surface area contributed by atoms with Gasteiger partial charge in [0.2, 0.25) is 0 Å². The SMILES string of the molecule is CN1CCC(OC(=O)Cc2cccc(N)c2)C1=O. The highest BCUT2D eigenvalue weighted by atomic mass is 16.5. The van der Waals surface area contributed by atoms with Gasteiger partial charge in [-0.15, -0.1) is 0 Å². The van der Waals surface area contributed by atoms with Gasteiger partial charge < -0.3 is 15.4 Å². The van der Waals surface area contributed by atoms with Crippen molar-refractivity contribution in [2.24, 2.45) is 0 Å². The maximum atomic E-state index is 11.7. The Morgan fingerprint density at radius 3 is 2.94 bits per heavy atom. The topological polar surface area (TPSA) is 72.6 Å². The first-order valence-electron chi connectivity index (χ1n) is 5.85. The highest BCUT2D eigenvalue weighted by Crippen LogP contribution is 2.14. The normalized spacial score (nSPS) is 19.1. The summed E-state index contributed by atoms with van der Waals surface area (Å²) >= 11 is 0. The molecular formula is C13H16N2O3. The molecule has 1 unspecified atom stereocenters. The number of carbonyl (C=O) groups is 2. The Kier molecular flexibility index (Phi) is 3.50. The van der Waals surface area contributed by atoms with Gasteiger partial charge in [0.05, 0.1) is 6.42 Å². The highest BCUT2D eigenvalue weighted by Gasteiger charge is 2.32. The molecule has 0 bridgehead atoms. The van der Waals surface area contributed by atoms with Gasteiger partial charge in [-0.25, -0.2) is 0 Å². The molecule has 0 spiro atoms. The van der Waals surface area contributed by atoms with Crippen LogP contribution in [0, 0.1) is 0 Å². The van der Waals surface area contributed by atoms with Gasteiger partial charge >= 0.3 is 5.97 Å². The molecule has 1 atom stereocenters. The van der Waals surface area contributed by atoms with Crippen LogP contribution in [-0.2, 0) is 20.7 Å². The molecule has 2 rings (SSSR count). The van der Waals surface area contributed by atoms with Crippen molar-refractivity contribution in [2.45, 2.75) is 18.9 Å². The van der Waals surface area contributed by atoms with E-state index in [0.29, 0.717) is 18.7 Å². The van der Waals surface area contributed by atoms with Crippen molar-refractivity contribution in [1.82, 2.24) is 4.90 Å². The number of anilines is 1. The van der Waals surface area contributed by atoms with Gasteiger partial charge in [0.15, 0.2) is 6.10 Å². The van der Waals surface area contributed by atoms with Crippen LogP contribution < -0.4 is 5.73 Å². The summed E-state index contributed by atoms with van der Waals surface area (Å²) in [7, 11) is 1.70. The minimum Gasteiger partial charge on any atom is -0.452 e. The summed E-state index contributed by atoms with van der Waals surface area (Å²) in [5, 5.41) is 0. The number of esters is 1. The number of hydrogen-bond acceptors (Lipinski definition) is 4. The fourth-order valence-electron chi connectivity index (χ4n) is 1.97. The molecule has 0 aliphatic carbocycles. The Morgan fingerprint density at radius 2 is 2.33 bits per heavy atom. The van der Waals surface area contributed by atoms with Crippen molar-refractivity contribution >= 4 is 17.6 Å². The van der Waals surface area contributed by atoms with E-state index in [-0.39, 0.29) is 12.3 Å². The minimum atomic E-state index is -0.622. The lowest BCUT2D eigenvalue weighted by Gasteiger charge is -2.11. The zero-order valence-corrected chi connectivity index (χ0v) is 10.3. The van der Waals surface area contributed by atoms with Crippen molar-refractivity contribution in [3.05, 3.63) is 29.8 Å². The number of benzene rings is 1. The molecule has 5 heteroatoms. The number of hydrogen-bond donors (Lipinski definition) is 1. The molecule has 1 aromatic rings. The Bertz CT molecular complexity index is 473. The van der Waals surface area contributed by atoms with Gasteiger partial charge in [0.1, 0.15) is 0 Å². The molecule has 0 radical (unpaired) electrons. The lowest BCUT2D eigenvalue weighted by Crippen LogP contribution is -2.29. The Balaban J connectivity index is 1.91. The third-order valence-electron chi connectivity index (χ3n) is 2.95. The number of carbonyl (C=O) groups excluding carboxylic acids is 2. The second kappa shape index (κ2) is 5.08. The molecule has 96 valence electrons. The van der Waals surface area contributed by atoms with Crippen molar-refractivity contribution in [3.8, 4) is 0 Å². The maximum absolute atomic E-state index is 11.7. The lowest BCUT2D eigenvalue weighted by atomic mass is 10.1. The van der Waals surface area contributed by atoms with Crippen LogP contribution in [0.2, 0.25) is 0 Å². The molecule has 0 aromatic heterocycles. The third-order valence-corrected chi connectivity index (χ3v) is 2.95. The third kappa shape index (κ3) is 2.80. The standard InChI is InChI=1S/C13H16N2O3/c1-15-6-5-11(13(15)17)18-12(16)8-9-3-2-4-10(14)7-9/h2-4,7,11H,5-6,8,14H2,1H3. The number of ether oxygens (including phenoxy) is 1. The van der Waals surface area contributed by atoms with E-state index in [9.17, 15) is 9.59 Å². The predicted molar refractivity (Wildman–Crippen MR) is 66.7 cm³/mol. The van der Waals surface area contributed by atoms with Gasteiger partial charge in [0, 0.05) is 25.7 Å². The molecule has 1 aliphatic rings. The smallest absolute Gasteiger partial charge is 0.311 e. The molecule has 18 heavy (non-hydrogen) atoms. The van der Waals surface area contributed by atoms with Crippen LogP contribution in [0.1, 0.15) is 12.0 Å². The monoisotopic (exact) mass is 248 g/mol. The van der Waals surface area contributed by atoms with Gasteiger partial charge in [-0.1, -0.05) is 12.1 Å². The van der Waals surface area contributed by atoms with E-state index in [4.69, 9.17) is 10.5 Å². The van der Waals surface area contributed by atoms with Gasteiger partial charge in [0.25, 0.3) is 5.91 Å². The number of likely N-dealkylation sites (tertiary alicyclic amines) is 1. The summed E-state index contributed by atoms with van der Waals surface area (Å²) in [6, 6.07) is 7.07. The van der Waals surface area contributed by atoms with E-state index in [1.807, 2.05) is 0 Å². The molecule has 1 amide bonds. The molecular weight excluding hydrogens is 232 g/mol. The Morgan fingerprint density at radius 1 is 1.56 bits per heavy atom. The van der Waals surface area contributed by atoms with Crippen molar-refractivity contribution < 1.29 is 14.3 Å². The zero-order chi connectivity index (χ0) is 13.1. The van der Waals surface area contributed by atoms with Crippen LogP contribution in [0.25, 0.3) is 0 Å². The minimum absolute atomic E-state index is 0.129. The van der Waals surface area contributed by atoms with Crippen LogP contribution >= 0.6 is 0 Å². The van der Waals surface area contributed by atoms with Gasteiger partial charge in [-0.05, 0) is 17.7 Å². The van der Waals surface area contributed by atoms with Crippen LogP contribution in [0.3, 0.4) is 0 Å². The summed E-state index contributed by atoms with van der Waals surface area (Å²) in [5.41, 5.74) is 7.02. The fourth-order valence-corrected chi connectivity index (χ4v) is 1.97. The average molecular weight is 248 g/mol. The number of likely N-dealkylation sites (N-methyl/N-ethyl adjacent to an activating group) is 1. The van der Waals surface area contributed by atoms with Gasteiger partial charge in [-0.3, -0.25) is 9.59 Å². The second-order valence-corrected chi connectivity index (χ2v) is 4.45. The number of rotatable bonds is 3. The van der Waals surface area contributed by atoms with Crippen molar-refractivity contribution in [1.29, 1.82) is 0 Å². The molecule has 2 N–H and O–H groups in total. The first-order valence-corrected chi connectivity index (χ1v) is 5.85. The molecule has 1 aliphatic heterocycles. The molecule has 1 aromatic carbocycles. The van der Waals surface area contributed by atoms with E-state index >= 15 is 0 Å². The van der Waals surface area contributed by atoms with E-state index in [2.05, 4.69) is 0 Å². The van der Waals surface area contributed by atoms with E-state index in [0.717, 1.165) is 5.56 Å². The maximum Gasteiger partial charge on any atom is 0.311 e. The molecule has 1 fully saturated rings. The molecule has 5 nitrogen and oxygen atoms in total. The van der Waals surface area contributed by atoms with E-state index < -0.39 is 12.1 Å². The van der Waals surface area contributed by atoms with Crippen LogP contribution in [-0.4, -0.2) is 36.5 Å². The van der Waals surface area contributed by atoms with Gasteiger partial charge in [-0.2, -0.15) is 0 Å². The summed E-state index contributed by atoms with van der Waals surface area (Å²) < 4.78 is 5.17. The van der Waals surface area contributed by atoms with Crippen LogP contribution in [0.15, 0.2) is 24.3 Å². The number of nitrogens with two attached hydrogens (primary N) is 1. The lowest BCUT2D eigenvalue weighted by molar-refractivity contribution is -0.155. The molecule has 1 saturated heterocycles. The summed E-state index contributed by atoms with van der Waals surface area (Å²) in [6.07, 6.45) is 0.0832. The Labute approximate surface area is 106 Å². The highest BCUT2D eigenvalue weighted by molar-refractivity contribution is 5.85. The fraction of sp³-hybridized carbons (Fsp3) is 0.385.